The van der Waals surface area contributed by atoms with Crippen LogP contribution in [0, 0.1) is 0 Å². The van der Waals surface area contributed by atoms with Crippen molar-refractivity contribution in [3.63, 3.8) is 0 Å². The topological polar surface area (TPSA) is 58.2 Å². The quantitative estimate of drug-likeness (QED) is 0.634. The fraction of sp³-hybridized carbons (Fsp3) is 0.900. The van der Waals surface area contributed by atoms with E-state index in [9.17, 15) is 9.00 Å². The summed E-state index contributed by atoms with van der Waals surface area (Å²) in [5.41, 5.74) is 0. The van der Waals surface area contributed by atoms with E-state index in [0.717, 1.165) is 25.9 Å². The number of amides is 1. The zero-order chi connectivity index (χ0) is 11.3. The summed E-state index contributed by atoms with van der Waals surface area (Å²) >= 11 is 0. The van der Waals surface area contributed by atoms with E-state index in [1.165, 1.54) is 0 Å². The standard InChI is InChI=1S/C10H20N2O2S/c1-8(15(2)14)5-6-11-7-9-3-4-10(13)12-9/h8-9,11H,3-7H2,1-2H3,(H,12,13). The average Bonchev–Trinajstić information content (AvgIpc) is 2.58. The Labute approximate surface area is 93.7 Å². The van der Waals surface area contributed by atoms with Crippen molar-refractivity contribution in [3.05, 3.63) is 0 Å². The zero-order valence-corrected chi connectivity index (χ0v) is 10.2. The molecule has 0 saturated carbocycles. The second-order valence-electron chi connectivity index (χ2n) is 4.11. The molecule has 1 rings (SSSR count). The summed E-state index contributed by atoms with van der Waals surface area (Å²) in [6, 6.07) is 0.292. The maximum absolute atomic E-state index is 11.1. The zero-order valence-electron chi connectivity index (χ0n) is 9.41. The number of hydrogen-bond donors (Lipinski definition) is 2. The van der Waals surface area contributed by atoms with Crippen molar-refractivity contribution in [1.29, 1.82) is 0 Å². The van der Waals surface area contributed by atoms with Crippen LogP contribution in [0.2, 0.25) is 0 Å². The summed E-state index contributed by atoms with van der Waals surface area (Å²) in [6.45, 7) is 3.69. The number of hydrogen-bond acceptors (Lipinski definition) is 3. The fourth-order valence-electron chi connectivity index (χ4n) is 1.58. The number of carbonyl (C=O) groups is 1. The molecule has 88 valence electrons. The molecule has 2 N–H and O–H groups in total. The first-order valence-corrected chi connectivity index (χ1v) is 7.04. The van der Waals surface area contributed by atoms with Crippen LogP contribution in [0.5, 0.6) is 0 Å². The van der Waals surface area contributed by atoms with Crippen LogP contribution in [-0.2, 0) is 15.6 Å². The van der Waals surface area contributed by atoms with Crippen LogP contribution >= 0.6 is 0 Å². The van der Waals surface area contributed by atoms with E-state index < -0.39 is 10.8 Å². The molecule has 1 heterocycles. The SMILES string of the molecule is CC(CCNCC1CCC(=O)N1)S(C)=O. The molecular formula is C10H20N2O2S. The molecule has 5 heteroatoms. The van der Waals surface area contributed by atoms with Crippen molar-refractivity contribution in [2.75, 3.05) is 19.3 Å². The third-order valence-electron chi connectivity index (χ3n) is 2.77. The fourth-order valence-corrected chi connectivity index (χ4v) is 2.03. The Morgan fingerprint density at radius 1 is 1.67 bits per heavy atom. The first kappa shape index (κ1) is 12.6. The van der Waals surface area contributed by atoms with Crippen molar-refractivity contribution in [3.8, 4) is 0 Å². The lowest BCUT2D eigenvalue weighted by molar-refractivity contribution is -0.119. The molecule has 0 bridgehead atoms. The van der Waals surface area contributed by atoms with Crippen LogP contribution in [0.25, 0.3) is 0 Å². The highest BCUT2D eigenvalue weighted by atomic mass is 32.2. The van der Waals surface area contributed by atoms with E-state index in [-0.39, 0.29) is 11.2 Å². The lowest BCUT2D eigenvalue weighted by Crippen LogP contribution is -2.36. The van der Waals surface area contributed by atoms with Gasteiger partial charge in [-0.25, -0.2) is 0 Å². The van der Waals surface area contributed by atoms with Crippen molar-refractivity contribution in [1.82, 2.24) is 10.6 Å². The van der Waals surface area contributed by atoms with Gasteiger partial charge in [-0.05, 0) is 19.4 Å². The van der Waals surface area contributed by atoms with Gasteiger partial charge in [0.15, 0.2) is 0 Å². The van der Waals surface area contributed by atoms with Gasteiger partial charge in [0.2, 0.25) is 5.91 Å². The number of carbonyl (C=O) groups excluding carboxylic acids is 1. The first-order valence-electron chi connectivity index (χ1n) is 5.42. The van der Waals surface area contributed by atoms with E-state index in [1.54, 1.807) is 6.26 Å². The summed E-state index contributed by atoms with van der Waals surface area (Å²) in [7, 11) is -0.731. The summed E-state index contributed by atoms with van der Waals surface area (Å²) in [4.78, 5) is 10.9. The molecule has 0 aromatic heterocycles. The molecule has 0 aliphatic carbocycles. The van der Waals surface area contributed by atoms with Crippen LogP contribution in [-0.4, -0.2) is 40.8 Å². The molecule has 1 amide bonds. The predicted octanol–water partition coefficient (Wildman–Crippen LogP) is 0.0117. The maximum atomic E-state index is 11.1. The molecule has 15 heavy (non-hydrogen) atoms. The van der Waals surface area contributed by atoms with E-state index in [4.69, 9.17) is 0 Å². The largest absolute Gasteiger partial charge is 0.352 e. The third-order valence-corrected chi connectivity index (χ3v) is 4.14. The number of nitrogens with one attached hydrogen (secondary N) is 2. The Bertz CT molecular complexity index is 246. The van der Waals surface area contributed by atoms with Gasteiger partial charge in [0, 0.05) is 41.3 Å². The average molecular weight is 232 g/mol. The van der Waals surface area contributed by atoms with Gasteiger partial charge in [0.25, 0.3) is 0 Å². The van der Waals surface area contributed by atoms with Gasteiger partial charge in [-0.15, -0.1) is 0 Å². The highest BCUT2D eigenvalue weighted by molar-refractivity contribution is 7.84. The Kier molecular flexibility index (Phi) is 5.25. The molecule has 0 aromatic rings. The third kappa shape index (κ3) is 4.75. The van der Waals surface area contributed by atoms with E-state index in [0.29, 0.717) is 12.5 Å². The Morgan fingerprint density at radius 3 is 2.93 bits per heavy atom. The molecule has 1 aliphatic rings. The predicted molar refractivity (Wildman–Crippen MR) is 62.2 cm³/mol. The highest BCUT2D eigenvalue weighted by Crippen LogP contribution is 2.05. The van der Waals surface area contributed by atoms with Crippen LogP contribution < -0.4 is 10.6 Å². The Hall–Kier alpha value is -0.420. The summed E-state index contributed by atoms with van der Waals surface area (Å²) in [6.07, 6.45) is 4.24. The lowest BCUT2D eigenvalue weighted by atomic mass is 10.2. The van der Waals surface area contributed by atoms with Crippen LogP contribution in [0.3, 0.4) is 0 Å². The lowest BCUT2D eigenvalue weighted by Gasteiger charge is -2.12. The van der Waals surface area contributed by atoms with Crippen LogP contribution in [0.4, 0.5) is 0 Å². The van der Waals surface area contributed by atoms with Gasteiger partial charge in [0.1, 0.15) is 0 Å². The van der Waals surface area contributed by atoms with Gasteiger partial charge in [-0.3, -0.25) is 9.00 Å². The monoisotopic (exact) mass is 232 g/mol. The molecule has 1 saturated heterocycles. The van der Waals surface area contributed by atoms with E-state index in [2.05, 4.69) is 10.6 Å². The van der Waals surface area contributed by atoms with Gasteiger partial charge >= 0.3 is 0 Å². The van der Waals surface area contributed by atoms with Gasteiger partial charge in [-0.2, -0.15) is 0 Å². The molecule has 4 nitrogen and oxygen atoms in total. The van der Waals surface area contributed by atoms with Gasteiger partial charge in [-0.1, -0.05) is 6.92 Å². The second-order valence-corrected chi connectivity index (χ2v) is 5.91. The molecule has 1 fully saturated rings. The second kappa shape index (κ2) is 6.23. The highest BCUT2D eigenvalue weighted by Gasteiger charge is 2.19. The van der Waals surface area contributed by atoms with E-state index >= 15 is 0 Å². The normalized spacial score (nSPS) is 24.9. The minimum absolute atomic E-state index is 0.157. The first-order chi connectivity index (χ1) is 7.09. The number of rotatable bonds is 6. The van der Waals surface area contributed by atoms with Crippen molar-refractivity contribution < 1.29 is 9.00 Å². The smallest absolute Gasteiger partial charge is 0.220 e. The molecule has 0 radical (unpaired) electrons. The maximum Gasteiger partial charge on any atom is 0.220 e. The Balaban J connectivity index is 2.02. The van der Waals surface area contributed by atoms with Crippen molar-refractivity contribution >= 4 is 16.7 Å². The molecular weight excluding hydrogens is 212 g/mol. The summed E-state index contributed by atoms with van der Waals surface area (Å²) < 4.78 is 11.1. The molecule has 0 aromatic carbocycles. The molecule has 1 aliphatic heterocycles. The van der Waals surface area contributed by atoms with Crippen molar-refractivity contribution in [2.24, 2.45) is 0 Å². The summed E-state index contributed by atoms with van der Waals surface area (Å²) in [5.74, 6) is 0.157. The van der Waals surface area contributed by atoms with Crippen LogP contribution in [0.1, 0.15) is 26.2 Å². The van der Waals surface area contributed by atoms with E-state index in [1.807, 2.05) is 6.92 Å². The minimum Gasteiger partial charge on any atom is -0.352 e. The van der Waals surface area contributed by atoms with Gasteiger partial charge < -0.3 is 10.6 Å². The molecule has 3 unspecified atom stereocenters. The van der Waals surface area contributed by atoms with Crippen LogP contribution in [0.15, 0.2) is 0 Å². The summed E-state index contributed by atoms with van der Waals surface area (Å²) in [5, 5.41) is 6.43. The van der Waals surface area contributed by atoms with Gasteiger partial charge in [0.05, 0.1) is 0 Å². The molecule has 0 spiro atoms. The molecule has 3 atom stereocenters. The minimum atomic E-state index is -0.731. The van der Waals surface area contributed by atoms with Crippen molar-refractivity contribution in [2.45, 2.75) is 37.5 Å². The Morgan fingerprint density at radius 2 is 2.40 bits per heavy atom.